The number of hydrogen-bond acceptors (Lipinski definition) is 2. The van der Waals surface area contributed by atoms with E-state index in [1.54, 1.807) is 0 Å². The molecular formula is C26H28O2S. The fourth-order valence-corrected chi connectivity index (χ4v) is 5.29. The van der Waals surface area contributed by atoms with Crippen LogP contribution in [-0.4, -0.2) is 16.8 Å². The van der Waals surface area contributed by atoms with Gasteiger partial charge in [-0.1, -0.05) is 104 Å². The fourth-order valence-electron chi connectivity index (χ4n) is 3.73. The van der Waals surface area contributed by atoms with Crippen molar-refractivity contribution in [2.45, 2.75) is 36.9 Å². The van der Waals surface area contributed by atoms with Gasteiger partial charge < -0.3 is 5.11 Å². The summed E-state index contributed by atoms with van der Waals surface area (Å²) in [5.74, 6) is 0.321. The van der Waals surface area contributed by atoms with Gasteiger partial charge in [-0.25, -0.2) is 0 Å². The number of carboxylic acids is 1. The zero-order chi connectivity index (χ0) is 20.4. The summed E-state index contributed by atoms with van der Waals surface area (Å²) in [4.78, 5) is 10.7. The molecule has 0 saturated heterocycles. The summed E-state index contributed by atoms with van der Waals surface area (Å²) in [6.07, 6.45) is 4.16. The lowest BCUT2D eigenvalue weighted by Gasteiger charge is -2.35. The number of carbonyl (C=O) groups is 1. The fraction of sp³-hybridized carbons (Fsp3) is 0.269. The van der Waals surface area contributed by atoms with Crippen molar-refractivity contribution in [1.29, 1.82) is 0 Å². The van der Waals surface area contributed by atoms with Crippen LogP contribution in [0.5, 0.6) is 0 Å². The molecule has 0 aliphatic carbocycles. The predicted molar refractivity (Wildman–Crippen MR) is 122 cm³/mol. The number of unbranched alkanes of at least 4 members (excludes halogenated alkanes) is 3. The lowest BCUT2D eigenvalue weighted by atomic mass is 9.84. The van der Waals surface area contributed by atoms with Crippen LogP contribution >= 0.6 is 11.8 Å². The molecule has 1 N–H and O–H groups in total. The monoisotopic (exact) mass is 404 g/mol. The first-order valence-electron chi connectivity index (χ1n) is 10.3. The van der Waals surface area contributed by atoms with E-state index in [2.05, 4.69) is 91.0 Å². The predicted octanol–water partition coefficient (Wildman–Crippen LogP) is 6.75. The highest BCUT2D eigenvalue weighted by atomic mass is 32.2. The highest BCUT2D eigenvalue weighted by Crippen LogP contribution is 2.48. The van der Waals surface area contributed by atoms with E-state index in [1.807, 2.05) is 11.8 Å². The standard InChI is InChI=1S/C26H28O2S/c27-25(28)20-12-1-2-13-21-29-26(22-14-6-3-7-15-22,23-16-8-4-9-17-23)24-18-10-5-11-19-24/h3-11,14-19H,1-2,12-13,20-21H2,(H,27,28). The molecule has 0 amide bonds. The first kappa shape index (κ1) is 21.2. The quantitative estimate of drug-likeness (QED) is 0.284. The second-order valence-electron chi connectivity index (χ2n) is 7.19. The summed E-state index contributed by atoms with van der Waals surface area (Å²) >= 11 is 1.98. The van der Waals surface area contributed by atoms with Gasteiger partial charge in [-0.05, 0) is 35.3 Å². The highest BCUT2D eigenvalue weighted by molar-refractivity contribution is 8.00. The average molecular weight is 405 g/mol. The van der Waals surface area contributed by atoms with Crippen molar-refractivity contribution in [1.82, 2.24) is 0 Å². The molecule has 3 heteroatoms. The molecule has 0 heterocycles. The van der Waals surface area contributed by atoms with E-state index in [-0.39, 0.29) is 11.2 Å². The number of carboxylic acid groups (broad SMARTS) is 1. The molecule has 0 spiro atoms. The number of hydrogen-bond donors (Lipinski definition) is 1. The van der Waals surface area contributed by atoms with Crippen molar-refractivity contribution in [2.24, 2.45) is 0 Å². The molecule has 0 aromatic heterocycles. The highest BCUT2D eigenvalue weighted by Gasteiger charge is 2.36. The molecule has 29 heavy (non-hydrogen) atoms. The average Bonchev–Trinajstić information content (AvgIpc) is 2.77. The zero-order valence-electron chi connectivity index (χ0n) is 16.7. The minimum atomic E-state index is -0.698. The molecule has 0 radical (unpaired) electrons. The lowest BCUT2D eigenvalue weighted by molar-refractivity contribution is -0.137. The molecule has 0 fully saturated rings. The maximum atomic E-state index is 10.7. The first-order valence-corrected chi connectivity index (χ1v) is 11.2. The van der Waals surface area contributed by atoms with E-state index in [1.165, 1.54) is 16.7 Å². The van der Waals surface area contributed by atoms with Crippen LogP contribution in [0, 0.1) is 0 Å². The van der Waals surface area contributed by atoms with E-state index in [9.17, 15) is 4.79 Å². The van der Waals surface area contributed by atoms with Crippen LogP contribution < -0.4 is 0 Å². The smallest absolute Gasteiger partial charge is 0.303 e. The van der Waals surface area contributed by atoms with Gasteiger partial charge >= 0.3 is 5.97 Å². The molecule has 0 aliphatic heterocycles. The van der Waals surface area contributed by atoms with Gasteiger partial charge in [0.1, 0.15) is 0 Å². The molecule has 3 aromatic rings. The molecule has 0 bridgehead atoms. The Bertz CT molecular complexity index is 766. The summed E-state index contributed by atoms with van der Waals surface area (Å²) in [6.45, 7) is 0. The minimum Gasteiger partial charge on any atom is -0.481 e. The Labute approximate surface area is 178 Å². The van der Waals surface area contributed by atoms with Crippen molar-refractivity contribution >= 4 is 17.7 Å². The Morgan fingerprint density at radius 2 is 1.07 bits per heavy atom. The van der Waals surface area contributed by atoms with Gasteiger partial charge in [0.15, 0.2) is 0 Å². The van der Waals surface area contributed by atoms with E-state index in [0.29, 0.717) is 0 Å². The summed E-state index contributed by atoms with van der Waals surface area (Å²) < 4.78 is -0.259. The van der Waals surface area contributed by atoms with Gasteiger partial charge in [0, 0.05) is 6.42 Å². The molecule has 0 aliphatic rings. The van der Waals surface area contributed by atoms with Gasteiger partial charge in [-0.3, -0.25) is 4.79 Å². The maximum Gasteiger partial charge on any atom is 0.303 e. The Kier molecular flexibility index (Phi) is 7.94. The van der Waals surface area contributed by atoms with Crippen LogP contribution in [0.4, 0.5) is 0 Å². The molecule has 0 saturated carbocycles. The Morgan fingerprint density at radius 1 is 0.655 bits per heavy atom. The third-order valence-electron chi connectivity index (χ3n) is 5.14. The zero-order valence-corrected chi connectivity index (χ0v) is 17.5. The van der Waals surface area contributed by atoms with Crippen LogP contribution in [0.15, 0.2) is 91.0 Å². The third-order valence-corrected chi connectivity index (χ3v) is 6.78. The Balaban J connectivity index is 1.86. The Morgan fingerprint density at radius 3 is 1.48 bits per heavy atom. The van der Waals surface area contributed by atoms with Crippen molar-refractivity contribution in [3.05, 3.63) is 108 Å². The van der Waals surface area contributed by atoms with Crippen molar-refractivity contribution in [2.75, 3.05) is 5.75 Å². The second-order valence-corrected chi connectivity index (χ2v) is 8.49. The molecule has 150 valence electrons. The molecular weight excluding hydrogens is 376 g/mol. The summed E-state index contributed by atoms with van der Waals surface area (Å²) in [5.41, 5.74) is 3.86. The normalized spacial score (nSPS) is 11.3. The van der Waals surface area contributed by atoms with Crippen molar-refractivity contribution in [3.8, 4) is 0 Å². The SMILES string of the molecule is O=C(O)CCCCCCSC(c1ccccc1)(c1ccccc1)c1ccccc1. The summed E-state index contributed by atoms with van der Waals surface area (Å²) in [7, 11) is 0. The van der Waals surface area contributed by atoms with Gasteiger partial charge in [-0.15, -0.1) is 11.8 Å². The third kappa shape index (κ3) is 5.51. The van der Waals surface area contributed by atoms with E-state index in [4.69, 9.17) is 5.11 Å². The number of aliphatic carboxylic acids is 1. The first-order chi connectivity index (χ1) is 14.2. The molecule has 0 unspecified atom stereocenters. The van der Waals surface area contributed by atoms with Gasteiger partial charge in [0.25, 0.3) is 0 Å². The second kappa shape index (κ2) is 10.9. The van der Waals surface area contributed by atoms with Crippen molar-refractivity contribution in [3.63, 3.8) is 0 Å². The number of thioether (sulfide) groups is 1. The van der Waals surface area contributed by atoms with Gasteiger partial charge in [0.05, 0.1) is 4.75 Å². The molecule has 3 aromatic carbocycles. The maximum absolute atomic E-state index is 10.7. The van der Waals surface area contributed by atoms with Crippen LogP contribution in [0.2, 0.25) is 0 Å². The van der Waals surface area contributed by atoms with E-state index < -0.39 is 5.97 Å². The van der Waals surface area contributed by atoms with Crippen molar-refractivity contribution < 1.29 is 9.90 Å². The Hall–Kier alpha value is -2.52. The summed E-state index contributed by atoms with van der Waals surface area (Å²) in [5, 5.41) is 8.80. The number of rotatable bonds is 11. The lowest BCUT2D eigenvalue weighted by Crippen LogP contribution is -2.26. The van der Waals surface area contributed by atoms with E-state index >= 15 is 0 Å². The largest absolute Gasteiger partial charge is 0.481 e. The summed E-state index contributed by atoms with van der Waals surface area (Å²) in [6, 6.07) is 32.2. The molecule has 3 rings (SSSR count). The van der Waals surface area contributed by atoms with E-state index in [0.717, 1.165) is 31.4 Å². The van der Waals surface area contributed by atoms with Crippen LogP contribution in [-0.2, 0) is 9.54 Å². The molecule has 2 nitrogen and oxygen atoms in total. The van der Waals surface area contributed by atoms with Crippen LogP contribution in [0.3, 0.4) is 0 Å². The van der Waals surface area contributed by atoms with Crippen LogP contribution in [0.25, 0.3) is 0 Å². The topological polar surface area (TPSA) is 37.3 Å². The minimum absolute atomic E-state index is 0.259. The number of benzene rings is 3. The van der Waals surface area contributed by atoms with Crippen LogP contribution in [0.1, 0.15) is 48.8 Å². The molecule has 0 atom stereocenters. The van der Waals surface area contributed by atoms with Gasteiger partial charge in [0.2, 0.25) is 0 Å². The van der Waals surface area contributed by atoms with Gasteiger partial charge in [-0.2, -0.15) is 0 Å².